The molecule has 1 aromatic heterocycles. The molecule has 4 nitrogen and oxygen atoms in total. The number of rotatable bonds is 6. The maximum absolute atomic E-state index is 12.5. The number of benzene rings is 2. The predicted octanol–water partition coefficient (Wildman–Crippen LogP) is 4.27. The van der Waals surface area contributed by atoms with E-state index in [2.05, 4.69) is 4.98 Å². The van der Waals surface area contributed by atoms with E-state index in [1.54, 1.807) is 11.9 Å². The smallest absolute Gasteiger partial charge is 0.273 e. The lowest BCUT2D eigenvalue weighted by Gasteiger charge is -2.16. The maximum Gasteiger partial charge on any atom is 0.273 e. The van der Waals surface area contributed by atoms with E-state index in [0.717, 1.165) is 16.3 Å². The molecule has 128 valence electrons. The van der Waals surface area contributed by atoms with Gasteiger partial charge >= 0.3 is 0 Å². The third-order valence-electron chi connectivity index (χ3n) is 3.81. The van der Waals surface area contributed by atoms with E-state index in [-0.39, 0.29) is 5.91 Å². The molecule has 5 heteroatoms. The highest BCUT2D eigenvalue weighted by Gasteiger charge is 2.16. The number of thiazole rings is 1. The topological polar surface area (TPSA) is 42.4 Å². The molecule has 0 radical (unpaired) electrons. The molecule has 1 amide bonds. The van der Waals surface area contributed by atoms with Crippen LogP contribution in [0.15, 0.2) is 60.0 Å². The van der Waals surface area contributed by atoms with Crippen molar-refractivity contribution in [3.05, 3.63) is 71.2 Å². The molecule has 0 spiro atoms. The summed E-state index contributed by atoms with van der Waals surface area (Å²) < 4.78 is 5.68. The first-order valence-corrected chi connectivity index (χ1v) is 8.97. The molecule has 0 bridgehead atoms. The van der Waals surface area contributed by atoms with Crippen LogP contribution in [0, 0.1) is 6.92 Å². The van der Waals surface area contributed by atoms with Gasteiger partial charge in [0.15, 0.2) is 0 Å². The summed E-state index contributed by atoms with van der Waals surface area (Å²) in [6.07, 6.45) is 0. The largest absolute Gasteiger partial charge is 0.492 e. The lowest BCUT2D eigenvalue weighted by Crippen LogP contribution is -2.31. The molecule has 0 N–H and O–H groups in total. The number of aryl methyl sites for hydroxylation is 1. The van der Waals surface area contributed by atoms with Gasteiger partial charge in [0.05, 0.1) is 6.54 Å². The minimum atomic E-state index is -0.0917. The van der Waals surface area contributed by atoms with Gasteiger partial charge in [0.1, 0.15) is 23.1 Å². The van der Waals surface area contributed by atoms with Crippen molar-refractivity contribution in [1.82, 2.24) is 9.88 Å². The number of hydrogen-bond acceptors (Lipinski definition) is 4. The zero-order valence-electron chi connectivity index (χ0n) is 14.3. The number of aromatic nitrogens is 1. The second-order valence-electron chi connectivity index (χ2n) is 5.79. The van der Waals surface area contributed by atoms with Crippen LogP contribution in [0.2, 0.25) is 0 Å². The summed E-state index contributed by atoms with van der Waals surface area (Å²) in [4.78, 5) is 18.6. The Labute approximate surface area is 151 Å². The van der Waals surface area contributed by atoms with Gasteiger partial charge < -0.3 is 9.64 Å². The van der Waals surface area contributed by atoms with Crippen molar-refractivity contribution in [1.29, 1.82) is 0 Å². The van der Waals surface area contributed by atoms with E-state index >= 15 is 0 Å². The Bertz CT molecular complexity index is 828. The molecule has 1 heterocycles. The van der Waals surface area contributed by atoms with Gasteiger partial charge in [0.2, 0.25) is 0 Å². The third kappa shape index (κ3) is 4.45. The van der Waals surface area contributed by atoms with Gasteiger partial charge in [-0.3, -0.25) is 4.79 Å². The number of likely N-dealkylation sites (N-methyl/N-ethyl adjacent to an activating group) is 1. The van der Waals surface area contributed by atoms with Crippen LogP contribution in [-0.2, 0) is 0 Å². The first-order valence-electron chi connectivity index (χ1n) is 8.09. The molecule has 3 aromatic rings. The van der Waals surface area contributed by atoms with Crippen LogP contribution in [0.25, 0.3) is 10.6 Å². The number of amides is 1. The Balaban J connectivity index is 1.55. The summed E-state index contributed by atoms with van der Waals surface area (Å²) in [6.45, 7) is 2.99. The van der Waals surface area contributed by atoms with E-state index in [0.29, 0.717) is 18.8 Å². The summed E-state index contributed by atoms with van der Waals surface area (Å²) in [5.74, 6) is 0.720. The molecule has 3 rings (SSSR count). The Kier molecular flexibility index (Phi) is 5.46. The normalized spacial score (nSPS) is 10.5. The summed E-state index contributed by atoms with van der Waals surface area (Å²) in [7, 11) is 1.77. The molecule has 2 aromatic carbocycles. The highest BCUT2D eigenvalue weighted by molar-refractivity contribution is 7.13. The van der Waals surface area contributed by atoms with Crippen LogP contribution < -0.4 is 4.74 Å². The Hall–Kier alpha value is -2.66. The van der Waals surface area contributed by atoms with Crippen LogP contribution in [0.1, 0.15) is 16.1 Å². The van der Waals surface area contributed by atoms with Crippen molar-refractivity contribution < 1.29 is 9.53 Å². The SMILES string of the molecule is Cc1ccc(OCCN(C)C(=O)c2csc(-c3ccccc3)n2)cc1. The average molecular weight is 352 g/mol. The number of carbonyl (C=O) groups excluding carboxylic acids is 1. The van der Waals surface area contributed by atoms with Crippen molar-refractivity contribution in [3.8, 4) is 16.3 Å². The first kappa shape index (κ1) is 17.2. The highest BCUT2D eigenvalue weighted by Crippen LogP contribution is 2.23. The molecule has 0 aliphatic heterocycles. The van der Waals surface area contributed by atoms with Gasteiger partial charge in [0.25, 0.3) is 5.91 Å². The number of hydrogen-bond donors (Lipinski definition) is 0. The molecule has 0 saturated carbocycles. The zero-order valence-corrected chi connectivity index (χ0v) is 15.1. The van der Waals surface area contributed by atoms with Gasteiger partial charge in [-0.15, -0.1) is 11.3 Å². The van der Waals surface area contributed by atoms with Crippen molar-refractivity contribution >= 4 is 17.2 Å². The van der Waals surface area contributed by atoms with E-state index in [4.69, 9.17) is 4.74 Å². The fraction of sp³-hybridized carbons (Fsp3) is 0.200. The summed E-state index contributed by atoms with van der Waals surface area (Å²) in [5, 5.41) is 2.66. The Morgan fingerprint density at radius 2 is 1.84 bits per heavy atom. The summed E-state index contributed by atoms with van der Waals surface area (Å²) in [6, 6.07) is 17.8. The fourth-order valence-corrected chi connectivity index (χ4v) is 3.12. The molecule has 0 aliphatic rings. The average Bonchev–Trinajstić information content (AvgIpc) is 3.13. The quantitative estimate of drug-likeness (QED) is 0.665. The third-order valence-corrected chi connectivity index (χ3v) is 4.70. The second-order valence-corrected chi connectivity index (χ2v) is 6.65. The van der Waals surface area contributed by atoms with Gasteiger partial charge in [-0.1, -0.05) is 48.0 Å². The van der Waals surface area contributed by atoms with Gasteiger partial charge in [-0.05, 0) is 19.1 Å². The highest BCUT2D eigenvalue weighted by atomic mass is 32.1. The van der Waals surface area contributed by atoms with E-state index in [1.807, 2.05) is 66.9 Å². The molecule has 25 heavy (non-hydrogen) atoms. The van der Waals surface area contributed by atoms with Gasteiger partial charge in [-0.25, -0.2) is 4.98 Å². The minimum absolute atomic E-state index is 0.0917. The first-order chi connectivity index (χ1) is 12.1. The molecule has 0 aliphatic carbocycles. The second kappa shape index (κ2) is 7.94. The van der Waals surface area contributed by atoms with Crippen molar-refractivity contribution in [2.24, 2.45) is 0 Å². The lowest BCUT2D eigenvalue weighted by molar-refractivity contribution is 0.0769. The zero-order chi connectivity index (χ0) is 17.6. The Morgan fingerprint density at radius 3 is 2.56 bits per heavy atom. The van der Waals surface area contributed by atoms with E-state index in [1.165, 1.54) is 16.9 Å². The Morgan fingerprint density at radius 1 is 1.12 bits per heavy atom. The van der Waals surface area contributed by atoms with Crippen molar-refractivity contribution in [3.63, 3.8) is 0 Å². The van der Waals surface area contributed by atoms with Crippen LogP contribution in [-0.4, -0.2) is 36.0 Å². The van der Waals surface area contributed by atoms with Crippen molar-refractivity contribution in [2.75, 3.05) is 20.2 Å². The summed E-state index contributed by atoms with van der Waals surface area (Å²) in [5.41, 5.74) is 2.69. The minimum Gasteiger partial charge on any atom is -0.492 e. The number of nitrogens with zero attached hydrogens (tertiary/aromatic N) is 2. The molecule has 0 unspecified atom stereocenters. The summed E-state index contributed by atoms with van der Waals surface area (Å²) >= 11 is 1.48. The van der Waals surface area contributed by atoms with Crippen LogP contribution in [0.3, 0.4) is 0 Å². The predicted molar refractivity (Wildman–Crippen MR) is 101 cm³/mol. The van der Waals surface area contributed by atoms with Crippen molar-refractivity contribution in [2.45, 2.75) is 6.92 Å². The lowest BCUT2D eigenvalue weighted by atomic mass is 10.2. The molecule has 0 fully saturated rings. The molecular formula is C20H20N2O2S. The van der Waals surface area contributed by atoms with E-state index in [9.17, 15) is 4.79 Å². The van der Waals surface area contributed by atoms with Gasteiger partial charge in [-0.2, -0.15) is 0 Å². The number of ether oxygens (including phenoxy) is 1. The van der Waals surface area contributed by atoms with Crippen LogP contribution in [0.5, 0.6) is 5.75 Å². The van der Waals surface area contributed by atoms with Crippen LogP contribution in [0.4, 0.5) is 0 Å². The monoisotopic (exact) mass is 352 g/mol. The van der Waals surface area contributed by atoms with E-state index < -0.39 is 0 Å². The number of carbonyl (C=O) groups is 1. The molecular weight excluding hydrogens is 332 g/mol. The van der Waals surface area contributed by atoms with Gasteiger partial charge in [0, 0.05) is 18.0 Å². The van der Waals surface area contributed by atoms with Crippen LogP contribution >= 0.6 is 11.3 Å². The standard InChI is InChI=1S/C20H20N2O2S/c1-15-8-10-17(11-9-15)24-13-12-22(2)20(23)18-14-25-19(21-18)16-6-4-3-5-7-16/h3-11,14H,12-13H2,1-2H3. The molecule has 0 atom stereocenters. The fourth-order valence-electron chi connectivity index (χ4n) is 2.32. The molecule has 0 saturated heterocycles. The maximum atomic E-state index is 12.5.